The molecule has 1 saturated heterocycles. The Hall–Kier alpha value is -2.36. The molecule has 2 aliphatic heterocycles. The van der Waals surface area contributed by atoms with Gasteiger partial charge in [-0.15, -0.1) is 0 Å². The molecule has 3 heterocycles. The quantitative estimate of drug-likeness (QED) is 0.669. The zero-order chi connectivity index (χ0) is 21.7. The van der Waals surface area contributed by atoms with Crippen LogP contribution in [0, 0.1) is 11.6 Å². The summed E-state index contributed by atoms with van der Waals surface area (Å²) in [7, 11) is 0. The highest BCUT2D eigenvalue weighted by atomic mass is 32.2. The van der Waals surface area contributed by atoms with Crippen LogP contribution in [0.3, 0.4) is 0 Å². The van der Waals surface area contributed by atoms with Crippen molar-refractivity contribution in [3.8, 4) is 0 Å². The number of hydrogen-bond acceptors (Lipinski definition) is 7. The number of rotatable bonds is 3. The Morgan fingerprint density at radius 3 is 2.71 bits per heavy atom. The molecule has 1 aromatic carbocycles. The molecule has 1 aliphatic carbocycles. The third kappa shape index (κ3) is 3.54. The molecule has 5 rings (SSSR count). The minimum atomic E-state index is -0.676. The monoisotopic (exact) mass is 445 g/mol. The Labute approximate surface area is 183 Å². The first-order chi connectivity index (χ1) is 14.9. The molecule has 3 atom stereocenters. The molecular formula is C22H25F2N5OS. The van der Waals surface area contributed by atoms with Gasteiger partial charge in [0.05, 0.1) is 34.3 Å². The van der Waals surface area contributed by atoms with E-state index < -0.39 is 23.1 Å². The van der Waals surface area contributed by atoms with Crippen molar-refractivity contribution in [1.82, 2.24) is 4.98 Å². The number of halogens is 2. The van der Waals surface area contributed by atoms with E-state index in [0.29, 0.717) is 24.5 Å². The molecule has 2 aromatic rings. The first-order valence-electron chi connectivity index (χ1n) is 10.5. The van der Waals surface area contributed by atoms with Gasteiger partial charge in [-0.2, -0.15) is 0 Å². The van der Waals surface area contributed by atoms with Crippen LogP contribution in [0.4, 0.5) is 20.2 Å². The zero-order valence-corrected chi connectivity index (χ0v) is 17.8. The Morgan fingerprint density at radius 2 is 1.97 bits per heavy atom. The van der Waals surface area contributed by atoms with Gasteiger partial charge in [0.25, 0.3) is 0 Å². The lowest BCUT2D eigenvalue weighted by atomic mass is 10.0. The number of hydrogen-bond donors (Lipinski definition) is 3. The summed E-state index contributed by atoms with van der Waals surface area (Å²) in [6.07, 6.45) is 6.34. The predicted octanol–water partition coefficient (Wildman–Crippen LogP) is 2.76. The lowest BCUT2D eigenvalue weighted by Gasteiger charge is -2.39. The molecule has 3 aliphatic rings. The number of fused-ring (bicyclic) bond motifs is 1. The number of piperidine rings is 1. The molecule has 0 spiro atoms. The topological polar surface area (TPSA) is 91.6 Å². The summed E-state index contributed by atoms with van der Waals surface area (Å²) in [5, 5.41) is 9.92. The van der Waals surface area contributed by atoms with E-state index in [0.717, 1.165) is 41.9 Å². The number of aliphatic hydroxyl groups excluding tert-OH is 1. The number of aliphatic hydroxyl groups is 1. The summed E-state index contributed by atoms with van der Waals surface area (Å²) >= 11 is 1.21. The van der Waals surface area contributed by atoms with Gasteiger partial charge in [-0.25, -0.2) is 8.78 Å². The van der Waals surface area contributed by atoms with Gasteiger partial charge in [0, 0.05) is 31.0 Å². The fourth-order valence-electron chi connectivity index (χ4n) is 4.76. The van der Waals surface area contributed by atoms with Gasteiger partial charge in [-0.3, -0.25) is 4.98 Å². The molecule has 31 heavy (non-hydrogen) atoms. The number of nitrogens with zero attached hydrogens (tertiary/aromatic N) is 3. The summed E-state index contributed by atoms with van der Waals surface area (Å²) in [5.74, 6) is -1.21. The van der Waals surface area contributed by atoms with Crippen molar-refractivity contribution < 1.29 is 13.9 Å². The van der Waals surface area contributed by atoms with Gasteiger partial charge < -0.3 is 26.4 Å². The van der Waals surface area contributed by atoms with E-state index in [1.165, 1.54) is 30.0 Å². The van der Waals surface area contributed by atoms with Crippen molar-refractivity contribution in [1.29, 1.82) is 0 Å². The third-order valence-corrected chi connectivity index (χ3v) is 7.35. The van der Waals surface area contributed by atoms with Gasteiger partial charge in [0.2, 0.25) is 0 Å². The molecule has 1 aromatic heterocycles. The lowest BCUT2D eigenvalue weighted by Crippen LogP contribution is -2.51. The van der Waals surface area contributed by atoms with Crippen LogP contribution < -0.4 is 21.3 Å². The normalized spacial score (nSPS) is 25.7. The number of aromatic nitrogens is 1. The molecule has 5 N–H and O–H groups in total. The third-order valence-electron chi connectivity index (χ3n) is 6.29. The van der Waals surface area contributed by atoms with Crippen LogP contribution in [0.5, 0.6) is 0 Å². The lowest BCUT2D eigenvalue weighted by molar-refractivity contribution is 0.124. The Bertz CT molecular complexity index is 1030. The van der Waals surface area contributed by atoms with Crippen molar-refractivity contribution in [2.45, 2.75) is 43.2 Å². The molecule has 0 bridgehead atoms. The van der Waals surface area contributed by atoms with E-state index in [4.69, 9.17) is 11.5 Å². The second-order valence-corrected chi connectivity index (χ2v) is 9.43. The van der Waals surface area contributed by atoms with Crippen molar-refractivity contribution in [3.05, 3.63) is 64.1 Å². The summed E-state index contributed by atoms with van der Waals surface area (Å²) in [6.45, 7) is 1.15. The molecule has 1 unspecified atom stereocenters. The first kappa shape index (κ1) is 20.5. The van der Waals surface area contributed by atoms with E-state index in [1.807, 2.05) is 4.90 Å². The standard InChI is InChI=1S/C22H25F2N5OS/c23-13-4-2-5-14(24)20(13)22-29(11-19(26)31-22)17-9-27-16-6-1-3-12(16)21(17)28-8-7-18(30)15(25)10-28/h2,4-5,9,11,15,18,22,30H,1,3,6-8,10,25-26H2/t15-,18-,22?/m1/s1. The maximum atomic E-state index is 14.7. The van der Waals surface area contributed by atoms with Gasteiger partial charge in [0.15, 0.2) is 0 Å². The smallest absolute Gasteiger partial charge is 0.132 e. The van der Waals surface area contributed by atoms with Crippen molar-refractivity contribution >= 4 is 23.1 Å². The number of aryl methyl sites for hydroxylation is 1. The summed E-state index contributed by atoms with van der Waals surface area (Å²) in [5.41, 5.74) is 16.2. The van der Waals surface area contributed by atoms with Gasteiger partial charge in [0.1, 0.15) is 17.0 Å². The van der Waals surface area contributed by atoms with Crippen LogP contribution >= 0.6 is 11.8 Å². The van der Waals surface area contributed by atoms with Crippen molar-refractivity contribution in [2.75, 3.05) is 22.9 Å². The zero-order valence-electron chi connectivity index (χ0n) is 17.0. The molecule has 9 heteroatoms. The summed E-state index contributed by atoms with van der Waals surface area (Å²) < 4.78 is 29.3. The van der Waals surface area contributed by atoms with Crippen LogP contribution in [0.15, 0.2) is 35.6 Å². The molecular weight excluding hydrogens is 420 g/mol. The average Bonchev–Trinajstić information content (AvgIpc) is 3.36. The van der Waals surface area contributed by atoms with E-state index in [1.54, 1.807) is 12.4 Å². The van der Waals surface area contributed by atoms with Crippen molar-refractivity contribution in [2.24, 2.45) is 11.5 Å². The minimum absolute atomic E-state index is 0.0265. The Kier molecular flexibility index (Phi) is 5.27. The number of benzene rings is 1. The second kappa shape index (κ2) is 7.96. The van der Waals surface area contributed by atoms with Crippen LogP contribution in [0.2, 0.25) is 0 Å². The fraction of sp³-hybridized carbons (Fsp3) is 0.409. The molecule has 1 fully saturated rings. The Morgan fingerprint density at radius 1 is 1.19 bits per heavy atom. The van der Waals surface area contributed by atoms with E-state index in [-0.39, 0.29) is 11.6 Å². The predicted molar refractivity (Wildman–Crippen MR) is 119 cm³/mol. The van der Waals surface area contributed by atoms with Crippen molar-refractivity contribution in [3.63, 3.8) is 0 Å². The summed E-state index contributed by atoms with van der Waals surface area (Å²) in [4.78, 5) is 8.67. The number of pyridine rings is 1. The van der Waals surface area contributed by atoms with Crippen LogP contribution in [0.1, 0.15) is 35.0 Å². The Balaban J connectivity index is 1.62. The van der Waals surface area contributed by atoms with Gasteiger partial charge in [-0.1, -0.05) is 17.8 Å². The number of nitrogens with two attached hydrogens (primary N) is 2. The summed E-state index contributed by atoms with van der Waals surface area (Å²) in [6, 6.07) is 3.52. The molecule has 0 saturated carbocycles. The number of anilines is 2. The highest BCUT2D eigenvalue weighted by molar-refractivity contribution is 8.03. The van der Waals surface area contributed by atoms with Crippen LogP contribution in [-0.2, 0) is 12.8 Å². The molecule has 0 amide bonds. The minimum Gasteiger partial charge on any atom is -0.392 e. The largest absolute Gasteiger partial charge is 0.392 e. The highest BCUT2D eigenvalue weighted by Crippen LogP contribution is 2.50. The molecule has 0 radical (unpaired) electrons. The van der Waals surface area contributed by atoms with Crippen LogP contribution in [0.25, 0.3) is 0 Å². The average molecular weight is 446 g/mol. The molecule has 6 nitrogen and oxygen atoms in total. The van der Waals surface area contributed by atoms with E-state index >= 15 is 0 Å². The van der Waals surface area contributed by atoms with Crippen LogP contribution in [-0.4, -0.2) is 35.3 Å². The SMILES string of the molecule is NC1=CN(c2cnc3c(c2N2CC[C@@H](O)[C@H](N)C2)CCC3)C(c2c(F)cccc2F)S1. The second-order valence-electron chi connectivity index (χ2n) is 8.28. The molecule has 164 valence electrons. The fourth-order valence-corrected chi connectivity index (χ4v) is 5.82. The van der Waals surface area contributed by atoms with Gasteiger partial charge >= 0.3 is 0 Å². The number of thioether (sulfide) groups is 1. The van der Waals surface area contributed by atoms with E-state index in [2.05, 4.69) is 9.88 Å². The van der Waals surface area contributed by atoms with Gasteiger partial charge in [-0.05, 0) is 43.4 Å². The first-order valence-corrected chi connectivity index (χ1v) is 11.4. The highest BCUT2D eigenvalue weighted by Gasteiger charge is 2.36. The van der Waals surface area contributed by atoms with E-state index in [9.17, 15) is 13.9 Å². The maximum Gasteiger partial charge on any atom is 0.132 e. The maximum absolute atomic E-state index is 14.7.